The number of hydrogen-bond acceptors (Lipinski definition) is 2. The molecule has 3 rings (SSSR count). The summed E-state index contributed by atoms with van der Waals surface area (Å²) in [5, 5.41) is 3.70. The molecule has 1 heterocycles. The Bertz CT molecular complexity index is 396. The second kappa shape index (κ2) is 3.88. The summed E-state index contributed by atoms with van der Waals surface area (Å²) in [5.74, 6) is 1.93. The number of piperidine rings is 1. The van der Waals surface area contributed by atoms with Gasteiger partial charge in [0.05, 0.1) is 12.9 Å². The third-order valence-corrected chi connectivity index (χ3v) is 5.43. The van der Waals surface area contributed by atoms with Gasteiger partial charge in [-0.2, -0.15) is 0 Å². The van der Waals surface area contributed by atoms with Crippen LogP contribution < -0.4 is 5.32 Å². The van der Waals surface area contributed by atoms with Gasteiger partial charge in [-0.25, -0.2) is 0 Å². The Hall–Kier alpha value is -0.760. The van der Waals surface area contributed by atoms with Gasteiger partial charge >= 0.3 is 0 Å². The van der Waals surface area contributed by atoms with Gasteiger partial charge in [-0.3, -0.25) is 0 Å². The molecule has 2 aliphatic carbocycles. The van der Waals surface area contributed by atoms with Crippen molar-refractivity contribution in [2.75, 3.05) is 13.7 Å². The predicted octanol–water partition coefficient (Wildman–Crippen LogP) is 3.02. The molecule has 3 atom stereocenters. The van der Waals surface area contributed by atoms with Gasteiger partial charge in [0.15, 0.2) is 0 Å². The second-order valence-corrected chi connectivity index (χ2v) is 6.06. The molecule has 0 radical (unpaired) electrons. The number of ether oxygens (including phenoxy) is 1. The minimum atomic E-state index is 0.404. The average molecular weight is 233 g/mol. The smallest absolute Gasteiger partial charge is 0.0959 e. The lowest BCUT2D eigenvalue weighted by Crippen LogP contribution is -2.53. The minimum absolute atomic E-state index is 0.404. The van der Waals surface area contributed by atoms with E-state index >= 15 is 0 Å². The first-order valence-electron chi connectivity index (χ1n) is 6.83. The second-order valence-electron chi connectivity index (χ2n) is 6.06. The summed E-state index contributed by atoms with van der Waals surface area (Å²) in [5.41, 5.74) is 3.78. The van der Waals surface area contributed by atoms with Crippen LogP contribution in [0.5, 0.6) is 0 Å². The van der Waals surface area contributed by atoms with Crippen LogP contribution in [0.25, 0.3) is 0 Å². The van der Waals surface area contributed by atoms with Crippen molar-refractivity contribution in [3.8, 4) is 0 Å². The lowest BCUT2D eigenvalue weighted by atomic mass is 9.57. The first-order chi connectivity index (χ1) is 8.15. The van der Waals surface area contributed by atoms with Crippen LogP contribution in [0.3, 0.4) is 0 Å². The normalized spacial score (nSPS) is 40.8. The number of nitrogens with one attached hydrogen (secondary N) is 1. The van der Waals surface area contributed by atoms with Crippen LogP contribution >= 0.6 is 0 Å². The van der Waals surface area contributed by atoms with Gasteiger partial charge in [0.25, 0.3) is 0 Å². The molecule has 2 nitrogen and oxygen atoms in total. The maximum Gasteiger partial charge on any atom is 0.0959 e. The fourth-order valence-electron chi connectivity index (χ4n) is 4.01. The maximum atomic E-state index is 5.47. The Balaban J connectivity index is 1.98. The molecule has 1 aliphatic heterocycles. The summed E-state index contributed by atoms with van der Waals surface area (Å²) < 4.78 is 5.47. The SMILES string of the molecule is COC1=CCC2=C(C1)[C@@]1(C)CCN[C@@H](C2)[C@H]1C. The van der Waals surface area contributed by atoms with Gasteiger partial charge in [0.1, 0.15) is 0 Å². The van der Waals surface area contributed by atoms with Crippen molar-refractivity contribution >= 4 is 0 Å². The fraction of sp³-hybridized carbons (Fsp3) is 0.733. The number of fused-ring (bicyclic) bond motifs is 3. The zero-order valence-electron chi connectivity index (χ0n) is 11.2. The summed E-state index contributed by atoms with van der Waals surface area (Å²) in [6.07, 6.45) is 6.96. The lowest BCUT2D eigenvalue weighted by molar-refractivity contribution is 0.110. The van der Waals surface area contributed by atoms with Crippen molar-refractivity contribution in [3.05, 3.63) is 23.0 Å². The number of rotatable bonds is 1. The molecular formula is C15H23NO. The first-order valence-corrected chi connectivity index (χ1v) is 6.83. The highest BCUT2D eigenvalue weighted by Gasteiger charge is 2.47. The van der Waals surface area contributed by atoms with Crippen molar-refractivity contribution in [1.29, 1.82) is 0 Å². The molecular weight excluding hydrogens is 210 g/mol. The Morgan fingerprint density at radius 2 is 2.29 bits per heavy atom. The Morgan fingerprint density at radius 1 is 1.47 bits per heavy atom. The summed E-state index contributed by atoms with van der Waals surface area (Å²) >= 11 is 0. The van der Waals surface area contributed by atoms with E-state index in [0.717, 1.165) is 18.8 Å². The summed E-state index contributed by atoms with van der Waals surface area (Å²) in [6.45, 7) is 6.07. The Morgan fingerprint density at radius 3 is 3.06 bits per heavy atom. The van der Waals surface area contributed by atoms with E-state index in [1.54, 1.807) is 18.3 Å². The molecule has 3 aliphatic rings. The number of hydrogen-bond donors (Lipinski definition) is 1. The van der Waals surface area contributed by atoms with Crippen molar-refractivity contribution < 1.29 is 4.74 Å². The molecule has 0 aromatic heterocycles. The third kappa shape index (κ3) is 1.57. The van der Waals surface area contributed by atoms with E-state index in [1.807, 2.05) is 0 Å². The molecule has 1 saturated heterocycles. The molecule has 0 amide bonds. The summed E-state index contributed by atoms with van der Waals surface area (Å²) in [6, 6.07) is 0.699. The molecule has 1 fully saturated rings. The first kappa shape index (κ1) is 11.3. The third-order valence-electron chi connectivity index (χ3n) is 5.43. The van der Waals surface area contributed by atoms with Crippen LogP contribution in [0.2, 0.25) is 0 Å². The molecule has 0 saturated carbocycles. The van der Waals surface area contributed by atoms with Gasteiger partial charge in [-0.15, -0.1) is 0 Å². The van der Waals surface area contributed by atoms with Crippen LogP contribution in [-0.2, 0) is 4.74 Å². The van der Waals surface area contributed by atoms with Gasteiger partial charge in [-0.1, -0.05) is 25.0 Å². The molecule has 2 heteroatoms. The Labute approximate surface area is 104 Å². The molecule has 0 spiro atoms. The molecule has 0 aromatic carbocycles. The van der Waals surface area contributed by atoms with Crippen molar-refractivity contribution in [3.63, 3.8) is 0 Å². The average Bonchev–Trinajstić information content (AvgIpc) is 2.33. The standard InChI is InChI=1S/C15H23NO/c1-10-14-8-11-4-5-12(17-3)9-13(11)15(10,2)6-7-16-14/h5,10,14,16H,4,6-9H2,1-3H3/t10-,14+,15+/m1/s1. The van der Waals surface area contributed by atoms with Gasteiger partial charge in [0.2, 0.25) is 0 Å². The highest BCUT2D eigenvalue weighted by atomic mass is 16.5. The lowest BCUT2D eigenvalue weighted by Gasteiger charge is -2.52. The molecule has 0 unspecified atom stereocenters. The highest BCUT2D eigenvalue weighted by molar-refractivity contribution is 5.36. The quantitative estimate of drug-likeness (QED) is 0.703. The predicted molar refractivity (Wildman–Crippen MR) is 69.6 cm³/mol. The van der Waals surface area contributed by atoms with E-state index in [1.165, 1.54) is 25.1 Å². The highest BCUT2D eigenvalue weighted by Crippen LogP contribution is 2.53. The minimum Gasteiger partial charge on any atom is -0.501 e. The molecule has 17 heavy (non-hydrogen) atoms. The molecule has 0 aromatic rings. The van der Waals surface area contributed by atoms with Gasteiger partial charge in [-0.05, 0) is 43.2 Å². The maximum absolute atomic E-state index is 5.47. The van der Waals surface area contributed by atoms with Gasteiger partial charge < -0.3 is 10.1 Å². The molecule has 2 bridgehead atoms. The summed E-state index contributed by atoms with van der Waals surface area (Å²) in [4.78, 5) is 0. The van der Waals surface area contributed by atoms with Crippen LogP contribution in [0.15, 0.2) is 23.0 Å². The largest absolute Gasteiger partial charge is 0.501 e. The van der Waals surface area contributed by atoms with Crippen LogP contribution in [0, 0.1) is 11.3 Å². The van der Waals surface area contributed by atoms with E-state index in [9.17, 15) is 0 Å². The molecule has 1 N–H and O–H groups in total. The van der Waals surface area contributed by atoms with E-state index in [4.69, 9.17) is 4.74 Å². The number of methoxy groups -OCH3 is 1. The summed E-state index contributed by atoms with van der Waals surface area (Å²) in [7, 11) is 1.80. The van der Waals surface area contributed by atoms with Crippen molar-refractivity contribution in [2.24, 2.45) is 11.3 Å². The zero-order chi connectivity index (χ0) is 12.0. The van der Waals surface area contributed by atoms with E-state index in [0.29, 0.717) is 11.5 Å². The van der Waals surface area contributed by atoms with E-state index in [-0.39, 0.29) is 0 Å². The monoisotopic (exact) mass is 233 g/mol. The zero-order valence-corrected chi connectivity index (χ0v) is 11.2. The molecule has 94 valence electrons. The van der Waals surface area contributed by atoms with Crippen LogP contribution in [0.4, 0.5) is 0 Å². The van der Waals surface area contributed by atoms with Crippen LogP contribution in [0.1, 0.15) is 39.5 Å². The van der Waals surface area contributed by atoms with Crippen LogP contribution in [-0.4, -0.2) is 19.7 Å². The Kier molecular flexibility index (Phi) is 2.58. The van der Waals surface area contributed by atoms with E-state index in [2.05, 4.69) is 25.2 Å². The topological polar surface area (TPSA) is 21.3 Å². The van der Waals surface area contributed by atoms with Crippen molar-refractivity contribution in [1.82, 2.24) is 5.32 Å². The fourth-order valence-corrected chi connectivity index (χ4v) is 4.01. The van der Waals surface area contributed by atoms with E-state index < -0.39 is 0 Å². The van der Waals surface area contributed by atoms with Crippen molar-refractivity contribution in [2.45, 2.75) is 45.6 Å². The number of allylic oxidation sites excluding steroid dienone is 2. The van der Waals surface area contributed by atoms with Gasteiger partial charge in [0, 0.05) is 12.5 Å².